The highest BCUT2D eigenvalue weighted by Gasteiger charge is 2.15. The smallest absolute Gasteiger partial charge is 0.171 e. The molecule has 0 aromatic heterocycles. The van der Waals surface area contributed by atoms with Crippen molar-refractivity contribution in [1.82, 2.24) is 5.32 Å². The molecule has 0 bridgehead atoms. The number of rotatable bonds is 6. The molecule has 2 rings (SSSR count). The molecule has 0 spiro atoms. The summed E-state index contributed by atoms with van der Waals surface area (Å²) in [5.41, 5.74) is 2.10. The van der Waals surface area contributed by atoms with Gasteiger partial charge < -0.3 is 15.4 Å². The first-order valence-corrected chi connectivity index (χ1v) is 8.73. The lowest BCUT2D eigenvalue weighted by Crippen LogP contribution is -2.33. The first-order chi connectivity index (χ1) is 11.5. The number of thiocarbonyl (C=S) groups is 1. The predicted molar refractivity (Wildman–Crippen MR) is 106 cm³/mol. The number of nitrogens with one attached hydrogen (secondary N) is 2. The summed E-state index contributed by atoms with van der Waals surface area (Å²) in [5.74, 6) is 1.40. The highest BCUT2D eigenvalue weighted by atomic mass is 35.5. The van der Waals surface area contributed by atoms with E-state index in [2.05, 4.69) is 36.6 Å². The van der Waals surface area contributed by atoms with Crippen LogP contribution in [0.3, 0.4) is 0 Å². The molecule has 0 aliphatic carbocycles. The molecule has 2 N–H and O–H groups in total. The minimum Gasteiger partial charge on any atom is -0.497 e. The molecule has 1 unspecified atom stereocenters. The van der Waals surface area contributed by atoms with Crippen LogP contribution in [0.2, 0.25) is 5.02 Å². The van der Waals surface area contributed by atoms with Gasteiger partial charge in [0.2, 0.25) is 0 Å². The molecule has 2 aromatic carbocycles. The van der Waals surface area contributed by atoms with Gasteiger partial charge in [0, 0.05) is 10.7 Å². The fourth-order valence-electron chi connectivity index (χ4n) is 2.44. The van der Waals surface area contributed by atoms with Gasteiger partial charge in [0.05, 0.1) is 13.2 Å². The average molecular weight is 363 g/mol. The van der Waals surface area contributed by atoms with Gasteiger partial charge in [0.15, 0.2) is 5.11 Å². The second-order valence-electron chi connectivity index (χ2n) is 6.06. The monoisotopic (exact) mass is 362 g/mol. The van der Waals surface area contributed by atoms with Crippen LogP contribution in [0, 0.1) is 5.92 Å². The van der Waals surface area contributed by atoms with Gasteiger partial charge >= 0.3 is 0 Å². The Kier molecular flexibility index (Phi) is 6.88. The summed E-state index contributed by atoms with van der Waals surface area (Å²) >= 11 is 11.4. The van der Waals surface area contributed by atoms with Gasteiger partial charge in [-0.15, -0.1) is 0 Å². The lowest BCUT2D eigenvalue weighted by Gasteiger charge is -2.23. The standard InChI is InChI=1S/C19H23ClN2OS/c1-13(2)12-18(14-4-10-17(23-3)11-5-14)22-19(24)21-16-8-6-15(20)7-9-16/h4-11,13,18H,12H2,1-3H3,(H2,21,22,24). The zero-order valence-corrected chi connectivity index (χ0v) is 15.7. The van der Waals surface area contributed by atoms with Gasteiger partial charge in [-0.3, -0.25) is 0 Å². The molecular weight excluding hydrogens is 340 g/mol. The Morgan fingerprint density at radius 2 is 1.71 bits per heavy atom. The molecular formula is C19H23ClN2OS. The molecule has 0 saturated heterocycles. The third-order valence-corrected chi connectivity index (χ3v) is 4.10. The number of ether oxygens (including phenoxy) is 1. The molecule has 5 heteroatoms. The number of hydrogen-bond acceptors (Lipinski definition) is 2. The maximum atomic E-state index is 5.91. The third-order valence-electron chi connectivity index (χ3n) is 3.63. The Hall–Kier alpha value is -1.78. The van der Waals surface area contributed by atoms with Crippen molar-refractivity contribution in [3.63, 3.8) is 0 Å². The quantitative estimate of drug-likeness (QED) is 0.672. The number of anilines is 1. The van der Waals surface area contributed by atoms with Crippen molar-refractivity contribution < 1.29 is 4.74 Å². The van der Waals surface area contributed by atoms with E-state index in [1.54, 1.807) is 7.11 Å². The number of benzene rings is 2. The Morgan fingerprint density at radius 3 is 2.25 bits per heavy atom. The van der Waals surface area contributed by atoms with Gasteiger partial charge in [0.25, 0.3) is 0 Å². The molecule has 128 valence electrons. The summed E-state index contributed by atoms with van der Waals surface area (Å²) in [4.78, 5) is 0. The van der Waals surface area contributed by atoms with Crippen LogP contribution in [-0.4, -0.2) is 12.2 Å². The van der Waals surface area contributed by atoms with E-state index >= 15 is 0 Å². The van der Waals surface area contributed by atoms with Gasteiger partial charge in [-0.05, 0) is 66.5 Å². The number of halogens is 1. The van der Waals surface area contributed by atoms with Crippen LogP contribution in [0.5, 0.6) is 5.75 Å². The Morgan fingerprint density at radius 1 is 1.08 bits per heavy atom. The largest absolute Gasteiger partial charge is 0.497 e. The van der Waals surface area contributed by atoms with Gasteiger partial charge in [-0.1, -0.05) is 37.6 Å². The summed E-state index contributed by atoms with van der Waals surface area (Å²) in [6, 6.07) is 15.7. The molecule has 2 aromatic rings. The zero-order valence-electron chi connectivity index (χ0n) is 14.2. The van der Waals surface area contributed by atoms with E-state index in [1.807, 2.05) is 36.4 Å². The van der Waals surface area contributed by atoms with Crippen LogP contribution in [-0.2, 0) is 0 Å². The van der Waals surface area contributed by atoms with Crippen molar-refractivity contribution in [2.45, 2.75) is 26.3 Å². The normalized spacial score (nSPS) is 11.9. The van der Waals surface area contributed by atoms with E-state index in [0.717, 1.165) is 17.9 Å². The number of hydrogen-bond donors (Lipinski definition) is 2. The van der Waals surface area contributed by atoms with Gasteiger partial charge in [-0.25, -0.2) is 0 Å². The van der Waals surface area contributed by atoms with E-state index < -0.39 is 0 Å². The van der Waals surface area contributed by atoms with Gasteiger partial charge in [-0.2, -0.15) is 0 Å². The van der Waals surface area contributed by atoms with Crippen molar-refractivity contribution in [2.75, 3.05) is 12.4 Å². The number of methoxy groups -OCH3 is 1. The van der Waals surface area contributed by atoms with E-state index in [4.69, 9.17) is 28.6 Å². The summed E-state index contributed by atoms with van der Waals surface area (Å²) in [6.07, 6.45) is 0.981. The highest BCUT2D eigenvalue weighted by Crippen LogP contribution is 2.24. The molecule has 1 atom stereocenters. The molecule has 0 fully saturated rings. The lowest BCUT2D eigenvalue weighted by atomic mass is 9.97. The first kappa shape index (κ1) is 18.6. The van der Waals surface area contributed by atoms with Crippen LogP contribution >= 0.6 is 23.8 Å². The molecule has 0 aliphatic rings. The second kappa shape index (κ2) is 8.90. The van der Waals surface area contributed by atoms with Crippen molar-refractivity contribution in [3.8, 4) is 5.75 Å². The molecule has 0 amide bonds. The van der Waals surface area contributed by atoms with Crippen LogP contribution in [0.15, 0.2) is 48.5 Å². The molecule has 0 radical (unpaired) electrons. The predicted octanol–water partition coefficient (Wildman–Crippen LogP) is 5.42. The van der Waals surface area contributed by atoms with Crippen LogP contribution in [0.1, 0.15) is 31.9 Å². The van der Waals surface area contributed by atoms with Crippen LogP contribution < -0.4 is 15.4 Å². The van der Waals surface area contributed by atoms with E-state index in [9.17, 15) is 0 Å². The Bertz CT molecular complexity index is 656. The summed E-state index contributed by atoms with van der Waals surface area (Å²) < 4.78 is 5.23. The lowest BCUT2D eigenvalue weighted by molar-refractivity contribution is 0.414. The average Bonchev–Trinajstić information content (AvgIpc) is 2.56. The zero-order chi connectivity index (χ0) is 17.5. The molecule has 24 heavy (non-hydrogen) atoms. The van der Waals surface area contributed by atoms with Crippen LogP contribution in [0.25, 0.3) is 0 Å². The molecule has 3 nitrogen and oxygen atoms in total. The topological polar surface area (TPSA) is 33.3 Å². The third kappa shape index (κ3) is 5.69. The Labute approximate surface area is 154 Å². The Balaban J connectivity index is 2.06. The van der Waals surface area contributed by atoms with Crippen molar-refractivity contribution >= 4 is 34.6 Å². The van der Waals surface area contributed by atoms with E-state index in [-0.39, 0.29) is 6.04 Å². The van der Waals surface area contributed by atoms with Crippen LogP contribution in [0.4, 0.5) is 5.69 Å². The minimum atomic E-state index is 0.142. The fraction of sp³-hybridized carbons (Fsp3) is 0.316. The highest BCUT2D eigenvalue weighted by molar-refractivity contribution is 7.80. The molecule has 0 heterocycles. The van der Waals surface area contributed by atoms with Crippen molar-refractivity contribution in [1.29, 1.82) is 0 Å². The van der Waals surface area contributed by atoms with Crippen molar-refractivity contribution in [3.05, 3.63) is 59.1 Å². The van der Waals surface area contributed by atoms with Crippen molar-refractivity contribution in [2.24, 2.45) is 5.92 Å². The molecule has 0 aliphatic heterocycles. The maximum Gasteiger partial charge on any atom is 0.171 e. The summed E-state index contributed by atoms with van der Waals surface area (Å²) in [5, 5.41) is 7.91. The second-order valence-corrected chi connectivity index (χ2v) is 6.91. The van der Waals surface area contributed by atoms with E-state index in [0.29, 0.717) is 16.1 Å². The maximum absolute atomic E-state index is 5.91. The first-order valence-electron chi connectivity index (χ1n) is 7.95. The summed E-state index contributed by atoms with van der Waals surface area (Å²) in [7, 11) is 1.67. The minimum absolute atomic E-state index is 0.142. The summed E-state index contributed by atoms with van der Waals surface area (Å²) in [6.45, 7) is 4.40. The van der Waals surface area contributed by atoms with Gasteiger partial charge in [0.1, 0.15) is 5.75 Å². The SMILES string of the molecule is COc1ccc(C(CC(C)C)NC(=S)Nc2ccc(Cl)cc2)cc1. The fourth-order valence-corrected chi connectivity index (χ4v) is 2.83. The van der Waals surface area contributed by atoms with E-state index in [1.165, 1.54) is 5.56 Å². The molecule has 0 saturated carbocycles.